The molecule has 1 saturated carbocycles. The summed E-state index contributed by atoms with van der Waals surface area (Å²) in [5, 5.41) is 3.58. The highest BCUT2D eigenvalue weighted by atomic mass is 16.5. The summed E-state index contributed by atoms with van der Waals surface area (Å²) in [6.45, 7) is 11.6. The van der Waals surface area contributed by atoms with Crippen LogP contribution < -0.4 is 5.32 Å². The number of hydrogen-bond donors (Lipinski definition) is 1. The van der Waals surface area contributed by atoms with Crippen LogP contribution in [-0.2, 0) is 4.74 Å². The molecule has 0 unspecified atom stereocenters. The molecule has 0 aromatic heterocycles. The predicted molar refractivity (Wildman–Crippen MR) is 85.1 cm³/mol. The van der Waals surface area contributed by atoms with Crippen molar-refractivity contribution in [2.24, 2.45) is 5.92 Å². The predicted octanol–water partition coefficient (Wildman–Crippen LogP) is 3.04. The first-order valence-electron chi connectivity index (χ1n) is 8.78. The van der Waals surface area contributed by atoms with Crippen molar-refractivity contribution in [2.45, 2.75) is 77.5 Å². The Kier molecular flexibility index (Phi) is 6.79. The fraction of sp³-hybridized carbons (Fsp3) is 1.00. The van der Waals surface area contributed by atoms with Crippen LogP contribution in [0.1, 0.15) is 59.3 Å². The largest absolute Gasteiger partial charge is 0.375 e. The van der Waals surface area contributed by atoms with E-state index in [9.17, 15) is 0 Å². The van der Waals surface area contributed by atoms with Gasteiger partial charge in [0.2, 0.25) is 0 Å². The van der Waals surface area contributed by atoms with Gasteiger partial charge in [-0.15, -0.1) is 0 Å². The third-order valence-corrected chi connectivity index (χ3v) is 4.98. The molecule has 0 spiro atoms. The normalized spacial score (nSPS) is 30.0. The maximum Gasteiger partial charge on any atom is 0.0603 e. The smallest absolute Gasteiger partial charge is 0.0603 e. The van der Waals surface area contributed by atoms with Crippen molar-refractivity contribution in [3.05, 3.63) is 0 Å². The summed E-state index contributed by atoms with van der Waals surface area (Å²) in [7, 11) is 0. The van der Waals surface area contributed by atoms with E-state index in [0.29, 0.717) is 18.2 Å². The molecule has 0 radical (unpaired) electrons. The molecule has 0 atom stereocenters. The van der Waals surface area contributed by atoms with Gasteiger partial charge in [-0.25, -0.2) is 0 Å². The molecular formula is C17H34N2O. The number of rotatable bonds is 6. The minimum absolute atomic E-state index is 0.535. The zero-order valence-corrected chi connectivity index (χ0v) is 13.7. The Morgan fingerprint density at radius 3 is 2.15 bits per heavy atom. The average Bonchev–Trinajstić information content (AvgIpc) is 2.47. The second-order valence-electron chi connectivity index (χ2n) is 6.98. The lowest BCUT2D eigenvalue weighted by molar-refractivity contribution is -0.0602. The van der Waals surface area contributed by atoms with Crippen molar-refractivity contribution in [2.75, 3.05) is 26.2 Å². The van der Waals surface area contributed by atoms with Gasteiger partial charge < -0.3 is 15.0 Å². The lowest BCUT2D eigenvalue weighted by Gasteiger charge is -2.36. The summed E-state index contributed by atoms with van der Waals surface area (Å²) in [6.07, 6.45) is 8.80. The van der Waals surface area contributed by atoms with Gasteiger partial charge in [0.15, 0.2) is 0 Å². The highest BCUT2D eigenvalue weighted by Gasteiger charge is 2.26. The van der Waals surface area contributed by atoms with Crippen molar-refractivity contribution in [1.29, 1.82) is 0 Å². The fourth-order valence-corrected chi connectivity index (χ4v) is 3.51. The fourth-order valence-electron chi connectivity index (χ4n) is 3.51. The summed E-state index contributed by atoms with van der Waals surface area (Å²) >= 11 is 0. The first-order chi connectivity index (χ1) is 9.67. The van der Waals surface area contributed by atoms with Gasteiger partial charge in [-0.1, -0.05) is 20.8 Å². The molecule has 1 aliphatic heterocycles. The first-order valence-corrected chi connectivity index (χ1v) is 8.78. The van der Waals surface area contributed by atoms with Crippen LogP contribution >= 0.6 is 0 Å². The lowest BCUT2D eigenvalue weighted by atomic mass is 9.87. The van der Waals surface area contributed by atoms with E-state index in [1.165, 1.54) is 64.7 Å². The summed E-state index contributed by atoms with van der Waals surface area (Å²) in [5.74, 6) is 0.874. The van der Waals surface area contributed by atoms with Crippen molar-refractivity contribution in [1.82, 2.24) is 10.2 Å². The van der Waals surface area contributed by atoms with E-state index < -0.39 is 0 Å². The maximum absolute atomic E-state index is 6.35. The van der Waals surface area contributed by atoms with Gasteiger partial charge in [-0.3, -0.25) is 0 Å². The van der Waals surface area contributed by atoms with Crippen molar-refractivity contribution in [3.63, 3.8) is 0 Å². The van der Waals surface area contributed by atoms with E-state index >= 15 is 0 Å². The molecule has 0 aromatic carbocycles. The minimum Gasteiger partial charge on any atom is -0.375 e. The second kappa shape index (κ2) is 8.35. The molecule has 2 aliphatic rings. The molecule has 1 saturated heterocycles. The van der Waals surface area contributed by atoms with Crippen LogP contribution in [0.4, 0.5) is 0 Å². The molecule has 3 heteroatoms. The number of piperidine rings is 1. The molecule has 1 heterocycles. The third-order valence-electron chi connectivity index (χ3n) is 4.98. The zero-order chi connectivity index (χ0) is 14.4. The van der Waals surface area contributed by atoms with E-state index in [2.05, 4.69) is 31.0 Å². The molecule has 1 aliphatic carbocycles. The Hall–Kier alpha value is -0.120. The molecule has 0 amide bonds. The molecule has 1 N–H and O–H groups in total. The molecular weight excluding hydrogens is 248 g/mol. The van der Waals surface area contributed by atoms with Gasteiger partial charge in [-0.2, -0.15) is 0 Å². The molecule has 2 fully saturated rings. The van der Waals surface area contributed by atoms with E-state index in [-0.39, 0.29) is 0 Å². The van der Waals surface area contributed by atoms with E-state index in [1.807, 2.05) is 0 Å². The Bertz CT molecular complexity index is 254. The Labute approximate surface area is 125 Å². The Balaban J connectivity index is 1.60. The topological polar surface area (TPSA) is 24.5 Å². The highest BCUT2D eigenvalue weighted by molar-refractivity contribution is 4.78. The van der Waals surface area contributed by atoms with Crippen molar-refractivity contribution in [3.8, 4) is 0 Å². The van der Waals surface area contributed by atoms with Crippen molar-refractivity contribution >= 4 is 0 Å². The van der Waals surface area contributed by atoms with E-state index in [0.717, 1.165) is 5.92 Å². The number of nitrogens with zero attached hydrogens (tertiary/aromatic N) is 1. The summed E-state index contributed by atoms with van der Waals surface area (Å²) in [6, 6.07) is 0.618. The molecule has 118 valence electrons. The average molecular weight is 282 g/mol. The molecule has 0 aromatic rings. The number of ether oxygens (including phenoxy) is 1. The van der Waals surface area contributed by atoms with Crippen LogP contribution in [0.25, 0.3) is 0 Å². The number of nitrogens with one attached hydrogen (secondary N) is 1. The lowest BCUT2D eigenvalue weighted by Crippen LogP contribution is -2.39. The Morgan fingerprint density at radius 2 is 1.60 bits per heavy atom. The first kappa shape index (κ1) is 16.3. The van der Waals surface area contributed by atoms with Crippen molar-refractivity contribution < 1.29 is 4.74 Å². The monoisotopic (exact) mass is 282 g/mol. The molecule has 20 heavy (non-hydrogen) atoms. The van der Waals surface area contributed by atoms with Crippen LogP contribution in [0.2, 0.25) is 0 Å². The molecule has 0 bridgehead atoms. The van der Waals surface area contributed by atoms with Gasteiger partial charge in [0.25, 0.3) is 0 Å². The van der Waals surface area contributed by atoms with Crippen LogP contribution in [0.5, 0.6) is 0 Å². The van der Waals surface area contributed by atoms with Gasteiger partial charge in [0.05, 0.1) is 12.2 Å². The van der Waals surface area contributed by atoms with E-state index in [1.54, 1.807) is 0 Å². The summed E-state index contributed by atoms with van der Waals surface area (Å²) < 4.78 is 6.35. The molecule has 3 nitrogen and oxygen atoms in total. The standard InChI is InChI=1S/C17H34N2O/c1-4-19-11-9-17(10-12-19)20-16-7-5-15(6-8-16)13-18-14(2)3/h14-18H,4-13H2,1-3H3. The second-order valence-corrected chi connectivity index (χ2v) is 6.98. The van der Waals surface area contributed by atoms with Crippen LogP contribution in [0.3, 0.4) is 0 Å². The van der Waals surface area contributed by atoms with Gasteiger partial charge in [-0.05, 0) is 57.5 Å². The van der Waals surface area contributed by atoms with Crippen LogP contribution in [0.15, 0.2) is 0 Å². The molecule has 2 rings (SSSR count). The summed E-state index contributed by atoms with van der Waals surface area (Å²) in [4.78, 5) is 2.54. The van der Waals surface area contributed by atoms with Crippen LogP contribution in [-0.4, -0.2) is 49.3 Å². The van der Waals surface area contributed by atoms with Crippen LogP contribution in [0, 0.1) is 5.92 Å². The van der Waals surface area contributed by atoms with E-state index in [4.69, 9.17) is 4.74 Å². The van der Waals surface area contributed by atoms with Gasteiger partial charge >= 0.3 is 0 Å². The summed E-state index contributed by atoms with van der Waals surface area (Å²) in [5.41, 5.74) is 0. The number of likely N-dealkylation sites (tertiary alicyclic amines) is 1. The minimum atomic E-state index is 0.535. The number of hydrogen-bond acceptors (Lipinski definition) is 3. The third kappa shape index (κ3) is 5.34. The van der Waals surface area contributed by atoms with Gasteiger partial charge in [0.1, 0.15) is 0 Å². The maximum atomic E-state index is 6.35. The SMILES string of the molecule is CCN1CCC(OC2CCC(CNC(C)C)CC2)CC1. The highest BCUT2D eigenvalue weighted by Crippen LogP contribution is 2.28. The quantitative estimate of drug-likeness (QED) is 0.810. The zero-order valence-electron chi connectivity index (χ0n) is 13.7. The van der Waals surface area contributed by atoms with Gasteiger partial charge in [0, 0.05) is 19.1 Å². The Morgan fingerprint density at radius 1 is 1.00 bits per heavy atom.